The maximum atomic E-state index is 11.5. The van der Waals surface area contributed by atoms with Crippen molar-refractivity contribution in [1.82, 2.24) is 9.13 Å². The van der Waals surface area contributed by atoms with Crippen molar-refractivity contribution in [3.05, 3.63) is 191 Å². The summed E-state index contributed by atoms with van der Waals surface area (Å²) < 4.78 is 4.55. The number of hydrogen-bond acceptors (Lipinski definition) is 2. The Bertz CT molecular complexity index is 3280. The highest BCUT2D eigenvalue weighted by atomic mass is 15.0. The van der Waals surface area contributed by atoms with Gasteiger partial charge < -0.3 is 9.13 Å². The molecule has 280 valence electrons. The average Bonchev–Trinajstić information content (AvgIpc) is 3.75. The molecule has 4 heteroatoms. The van der Waals surface area contributed by atoms with Crippen LogP contribution in [0, 0.1) is 57.3 Å². The van der Waals surface area contributed by atoms with Crippen LogP contribution in [0.15, 0.2) is 152 Å². The van der Waals surface area contributed by atoms with Crippen LogP contribution in [-0.4, -0.2) is 9.13 Å². The molecule has 59 heavy (non-hydrogen) atoms. The molecule has 0 saturated carbocycles. The van der Waals surface area contributed by atoms with Crippen molar-refractivity contribution < 1.29 is 0 Å². The Labute approximate surface area is 344 Å². The second kappa shape index (κ2) is 13.8. The van der Waals surface area contributed by atoms with Crippen molar-refractivity contribution in [3.8, 4) is 56.9 Å². The largest absolute Gasteiger partial charge is 0.308 e. The van der Waals surface area contributed by atoms with Crippen molar-refractivity contribution in [2.24, 2.45) is 0 Å². The first kappa shape index (κ1) is 35.7. The maximum absolute atomic E-state index is 11.5. The van der Waals surface area contributed by atoms with E-state index in [1.807, 2.05) is 19.1 Å². The van der Waals surface area contributed by atoms with Crippen molar-refractivity contribution in [3.63, 3.8) is 0 Å². The number of para-hydroxylation sites is 2. The van der Waals surface area contributed by atoms with E-state index in [-0.39, 0.29) is 0 Å². The maximum Gasteiger partial charge on any atom is 0.104 e. The molecule has 4 nitrogen and oxygen atoms in total. The Morgan fingerprint density at radius 3 is 1.32 bits per heavy atom. The monoisotopic (exact) mass is 756 g/mol. The molecule has 10 aromatic rings. The number of rotatable bonds is 5. The molecule has 0 N–H and O–H groups in total. The lowest BCUT2D eigenvalue weighted by molar-refractivity contribution is 1.12. The van der Waals surface area contributed by atoms with Gasteiger partial charge in [-0.25, -0.2) is 0 Å². The number of hydrogen-bond donors (Lipinski definition) is 0. The summed E-state index contributed by atoms with van der Waals surface area (Å²) in [5, 5.41) is 26.1. The summed E-state index contributed by atoms with van der Waals surface area (Å²) in [4.78, 5) is 0. The van der Waals surface area contributed by atoms with E-state index < -0.39 is 0 Å². The summed E-state index contributed by atoms with van der Waals surface area (Å²) in [6.07, 6.45) is 0. The average molecular weight is 757 g/mol. The van der Waals surface area contributed by atoms with E-state index in [1.165, 1.54) is 33.4 Å². The van der Waals surface area contributed by atoms with E-state index in [2.05, 4.69) is 188 Å². The minimum Gasteiger partial charge on any atom is -0.308 e. The predicted octanol–water partition coefficient (Wildman–Crippen LogP) is 14.2. The van der Waals surface area contributed by atoms with Gasteiger partial charge in [0.05, 0.1) is 45.1 Å². The zero-order valence-corrected chi connectivity index (χ0v) is 33.7. The van der Waals surface area contributed by atoms with E-state index in [1.54, 1.807) is 0 Å². The second-order valence-corrected chi connectivity index (χ2v) is 16.0. The fraction of sp³-hybridized carbons (Fsp3) is 0.0909. The van der Waals surface area contributed by atoms with E-state index in [9.17, 15) is 10.5 Å². The zero-order valence-electron chi connectivity index (χ0n) is 33.7. The Kier molecular flexibility index (Phi) is 8.34. The number of fused-ring (bicyclic) bond motifs is 6. The van der Waals surface area contributed by atoms with Gasteiger partial charge in [0.25, 0.3) is 0 Å². The minimum absolute atomic E-state index is 0.557. The highest BCUT2D eigenvalue weighted by molar-refractivity contribution is 6.12. The molecule has 0 saturated heterocycles. The molecule has 2 aromatic heterocycles. The van der Waals surface area contributed by atoms with E-state index in [0.717, 1.165) is 82.8 Å². The third kappa shape index (κ3) is 5.81. The van der Waals surface area contributed by atoms with Crippen LogP contribution in [0.3, 0.4) is 0 Å². The van der Waals surface area contributed by atoms with Gasteiger partial charge in [-0.05, 0) is 133 Å². The first-order chi connectivity index (χ1) is 28.7. The lowest BCUT2D eigenvalue weighted by Crippen LogP contribution is -2.05. The van der Waals surface area contributed by atoms with Crippen LogP contribution in [0.4, 0.5) is 0 Å². The van der Waals surface area contributed by atoms with Gasteiger partial charge in [0, 0.05) is 21.5 Å². The van der Waals surface area contributed by atoms with Gasteiger partial charge in [-0.15, -0.1) is 0 Å². The smallest absolute Gasteiger partial charge is 0.104 e. The normalized spacial score (nSPS) is 11.4. The van der Waals surface area contributed by atoms with Crippen molar-refractivity contribution >= 4 is 43.6 Å². The number of aryl methyl sites for hydroxylation is 5. The number of nitriles is 2. The summed E-state index contributed by atoms with van der Waals surface area (Å²) in [5.41, 5.74) is 19.1. The molecule has 0 fully saturated rings. The van der Waals surface area contributed by atoms with Crippen LogP contribution in [0.2, 0.25) is 0 Å². The standard InChI is InChI=1S/C55H40N4/c1-33-14-18-43(36(4)22-33)39-16-20-47-45-10-6-8-12-50(45)58(52(47)27-39)54-29-42(41-25-35(3)24-38(26-41)31-56)30-55(49(54)32-57)59-51-13-9-7-11-46(51)48-21-17-40(28-53(48)59)44-19-15-34(2)23-37(44)5/h6-30H,1-5H3. The molecular weight excluding hydrogens is 717 g/mol. The van der Waals surface area contributed by atoms with Gasteiger partial charge in [-0.2, -0.15) is 10.5 Å². The van der Waals surface area contributed by atoms with Crippen LogP contribution in [0.1, 0.15) is 38.9 Å². The summed E-state index contributed by atoms with van der Waals surface area (Å²) in [6.45, 7) is 10.6. The summed E-state index contributed by atoms with van der Waals surface area (Å²) >= 11 is 0. The van der Waals surface area contributed by atoms with Crippen molar-refractivity contribution in [2.75, 3.05) is 0 Å². The number of nitrogens with zero attached hydrogens (tertiary/aromatic N) is 4. The third-order valence-electron chi connectivity index (χ3n) is 12.0. The van der Waals surface area contributed by atoms with Crippen molar-refractivity contribution in [2.45, 2.75) is 34.6 Å². The minimum atomic E-state index is 0.557. The molecule has 0 unspecified atom stereocenters. The van der Waals surface area contributed by atoms with Gasteiger partial charge in [0.1, 0.15) is 11.6 Å². The van der Waals surface area contributed by atoms with E-state index in [4.69, 9.17) is 0 Å². The topological polar surface area (TPSA) is 57.4 Å². The summed E-state index contributed by atoms with van der Waals surface area (Å²) in [7, 11) is 0. The van der Waals surface area contributed by atoms with Gasteiger partial charge >= 0.3 is 0 Å². The Balaban J connectivity index is 1.35. The molecule has 0 aliphatic rings. The zero-order chi connectivity index (χ0) is 40.5. The molecular formula is C55H40N4. The van der Waals surface area contributed by atoms with E-state index in [0.29, 0.717) is 11.1 Å². The van der Waals surface area contributed by atoms with Crippen LogP contribution in [-0.2, 0) is 0 Å². The number of aromatic nitrogens is 2. The molecule has 0 aliphatic heterocycles. The SMILES string of the molecule is Cc1cc(C#N)cc(-c2cc(-n3c4ccccc4c4ccc(-c5ccc(C)cc5C)cc43)c(C#N)c(-n3c4ccccc4c4ccc(-c5ccc(C)cc5C)cc43)c2)c1. The van der Waals surface area contributed by atoms with Crippen LogP contribution in [0.25, 0.3) is 88.4 Å². The van der Waals surface area contributed by atoms with Gasteiger partial charge in [-0.1, -0.05) is 114 Å². The molecule has 0 atom stereocenters. The third-order valence-corrected chi connectivity index (χ3v) is 12.0. The van der Waals surface area contributed by atoms with Crippen LogP contribution < -0.4 is 0 Å². The highest BCUT2D eigenvalue weighted by Crippen LogP contribution is 2.42. The Morgan fingerprint density at radius 2 is 0.847 bits per heavy atom. The molecule has 8 aromatic carbocycles. The summed E-state index contributed by atoms with van der Waals surface area (Å²) in [5.74, 6) is 0. The fourth-order valence-corrected chi connectivity index (χ4v) is 9.33. The molecule has 2 heterocycles. The van der Waals surface area contributed by atoms with Crippen molar-refractivity contribution in [1.29, 1.82) is 10.5 Å². The van der Waals surface area contributed by atoms with Gasteiger partial charge in [0.15, 0.2) is 0 Å². The molecule has 0 bridgehead atoms. The summed E-state index contributed by atoms with van der Waals surface area (Å²) in [6, 6.07) is 59.0. The molecule has 0 spiro atoms. The first-order valence-corrected chi connectivity index (χ1v) is 20.0. The Hall–Kier alpha value is -7.66. The van der Waals surface area contributed by atoms with E-state index >= 15 is 0 Å². The second-order valence-electron chi connectivity index (χ2n) is 16.0. The lowest BCUT2D eigenvalue weighted by Gasteiger charge is -2.19. The molecule has 0 radical (unpaired) electrons. The first-order valence-electron chi connectivity index (χ1n) is 20.0. The van der Waals surface area contributed by atoms with Crippen LogP contribution >= 0.6 is 0 Å². The predicted molar refractivity (Wildman–Crippen MR) is 245 cm³/mol. The highest BCUT2D eigenvalue weighted by Gasteiger charge is 2.23. The van der Waals surface area contributed by atoms with Gasteiger partial charge in [-0.3, -0.25) is 0 Å². The molecule has 0 aliphatic carbocycles. The van der Waals surface area contributed by atoms with Gasteiger partial charge in [0.2, 0.25) is 0 Å². The quantitative estimate of drug-likeness (QED) is 0.176. The lowest BCUT2D eigenvalue weighted by atomic mass is 9.96. The molecule has 10 rings (SSSR count). The Morgan fingerprint density at radius 1 is 0.373 bits per heavy atom. The fourth-order valence-electron chi connectivity index (χ4n) is 9.33. The molecule has 0 amide bonds. The number of benzene rings is 8. The van der Waals surface area contributed by atoms with Crippen LogP contribution in [0.5, 0.6) is 0 Å².